The molecular weight excluding hydrogens is 689 g/mol. The Morgan fingerprint density at radius 3 is 2.49 bits per heavy atom. The number of hydrogen-bond acceptors (Lipinski definition) is 9. The van der Waals surface area contributed by atoms with Gasteiger partial charge in [-0.1, -0.05) is 75.0 Å². The number of unbranched alkanes of at least 4 members (excludes halogenated alkanes) is 4. The van der Waals surface area contributed by atoms with Crippen molar-refractivity contribution in [3.05, 3.63) is 35.9 Å². The molecule has 284 valence electrons. The number of fused-ring (bicyclic) bond motifs is 1. The Bertz CT molecular complexity index is 1250. The number of carbonyl (C=O) groups excluding carboxylic acids is 4. The fourth-order valence-electron chi connectivity index (χ4n) is 6.58. The molecule has 2 heterocycles. The second-order valence-corrected chi connectivity index (χ2v) is 16.1. The van der Waals surface area contributed by atoms with E-state index in [0.717, 1.165) is 56.3 Å². The molecule has 0 aromatic heterocycles. The van der Waals surface area contributed by atoms with Crippen molar-refractivity contribution >= 4 is 47.3 Å². The molecule has 2 aliphatic rings. The number of nitrogens with one attached hydrogen (secondary N) is 6. The summed E-state index contributed by atoms with van der Waals surface area (Å²) < 4.78 is 0. The predicted molar refractivity (Wildman–Crippen MR) is 204 cm³/mol. The Kier molecular flexibility index (Phi) is 20.2. The van der Waals surface area contributed by atoms with Crippen LogP contribution in [0.3, 0.4) is 0 Å². The molecule has 0 radical (unpaired) electrons. The molecule has 1 aromatic rings. The van der Waals surface area contributed by atoms with Gasteiger partial charge < -0.3 is 26.6 Å². The lowest BCUT2D eigenvalue weighted by Crippen LogP contribution is -2.51. The molecule has 5 amide bonds. The SMILES string of the molecule is C#CCSCC(CONO)C(CC(C)C)C(=O)NC(Cc1ccccc1)C(=O)NCCCCCCNC(=O)CCCCC1SCC2NC(=O)NC21. The van der Waals surface area contributed by atoms with Gasteiger partial charge >= 0.3 is 6.03 Å². The second-order valence-electron chi connectivity index (χ2n) is 13.8. The molecule has 6 unspecified atom stereocenters. The number of benzene rings is 1. The zero-order valence-corrected chi connectivity index (χ0v) is 31.8. The van der Waals surface area contributed by atoms with E-state index in [1.54, 1.807) is 5.64 Å². The zero-order valence-electron chi connectivity index (χ0n) is 30.1. The molecule has 7 N–H and O–H groups in total. The monoisotopic (exact) mass is 746 g/mol. The van der Waals surface area contributed by atoms with E-state index in [1.165, 1.54) is 11.8 Å². The number of thioether (sulfide) groups is 2. The van der Waals surface area contributed by atoms with Gasteiger partial charge in [0.1, 0.15) is 6.04 Å². The van der Waals surface area contributed by atoms with E-state index in [1.807, 2.05) is 55.9 Å². The largest absolute Gasteiger partial charge is 0.356 e. The Morgan fingerprint density at radius 1 is 1.04 bits per heavy atom. The van der Waals surface area contributed by atoms with Crippen LogP contribution in [0.4, 0.5) is 4.79 Å². The molecule has 51 heavy (non-hydrogen) atoms. The van der Waals surface area contributed by atoms with Crippen LogP contribution in [0, 0.1) is 30.1 Å². The van der Waals surface area contributed by atoms with Gasteiger partial charge in [0, 0.05) is 54.5 Å². The summed E-state index contributed by atoms with van der Waals surface area (Å²) in [4.78, 5) is 56.2. The van der Waals surface area contributed by atoms with Gasteiger partial charge in [-0.2, -0.15) is 11.8 Å². The molecule has 3 rings (SSSR count). The highest BCUT2D eigenvalue weighted by Gasteiger charge is 2.42. The number of terminal acetylenes is 1. The van der Waals surface area contributed by atoms with Crippen molar-refractivity contribution < 1.29 is 29.2 Å². The fourth-order valence-corrected chi connectivity index (χ4v) is 8.99. The Hall–Kier alpha value is -2.96. The first-order valence-corrected chi connectivity index (χ1v) is 20.5. The number of amides is 5. The molecule has 1 aromatic carbocycles. The van der Waals surface area contributed by atoms with Crippen LogP contribution in [0.2, 0.25) is 0 Å². The van der Waals surface area contributed by atoms with Crippen molar-refractivity contribution in [1.82, 2.24) is 32.2 Å². The Balaban J connectivity index is 1.37. The lowest BCUT2D eigenvalue weighted by molar-refractivity contribution is -0.146. The number of urea groups is 1. The van der Waals surface area contributed by atoms with E-state index < -0.39 is 12.0 Å². The van der Waals surface area contributed by atoms with Gasteiger partial charge in [0.25, 0.3) is 0 Å². The first kappa shape index (κ1) is 42.5. The lowest BCUT2D eigenvalue weighted by Gasteiger charge is -2.29. The van der Waals surface area contributed by atoms with Crippen LogP contribution in [-0.4, -0.2) is 89.3 Å². The van der Waals surface area contributed by atoms with Gasteiger partial charge in [-0.3, -0.25) is 24.4 Å². The van der Waals surface area contributed by atoms with Crippen molar-refractivity contribution in [3.8, 4) is 12.3 Å². The molecular formula is C37H58N6O6S2. The minimum absolute atomic E-state index is 0.0684. The molecule has 0 bridgehead atoms. The summed E-state index contributed by atoms with van der Waals surface area (Å²) in [6, 6.07) is 9.23. The van der Waals surface area contributed by atoms with Crippen LogP contribution in [0.5, 0.6) is 0 Å². The van der Waals surface area contributed by atoms with Crippen LogP contribution < -0.4 is 32.2 Å². The summed E-state index contributed by atoms with van der Waals surface area (Å²) in [7, 11) is 0. The minimum atomic E-state index is -0.755. The highest BCUT2D eigenvalue weighted by Crippen LogP contribution is 2.33. The third kappa shape index (κ3) is 16.1. The number of rotatable bonds is 26. The Labute approximate surface area is 312 Å². The van der Waals surface area contributed by atoms with Crippen molar-refractivity contribution in [1.29, 1.82) is 0 Å². The third-order valence-electron chi connectivity index (χ3n) is 9.23. The standard InChI is InChI=1S/C37H58N6O6S2/c1-4-20-50-24-28(23-49-43-48)29(21-26(2)3)35(45)40-30(22-27-14-8-7-9-15-27)36(46)39-19-13-6-5-12-18-38-33(44)17-11-10-16-32-34-31(25-51-32)41-37(47)42-34/h1,7-9,14-15,26,28-32,34,43,48H,5-6,10-13,16-25H2,2-3H3,(H,38,44)(H,39,46)(H,40,45)(H2,41,42,47). The lowest BCUT2D eigenvalue weighted by atomic mass is 9.85. The van der Waals surface area contributed by atoms with Crippen molar-refractivity contribution in [2.45, 2.75) is 101 Å². The van der Waals surface area contributed by atoms with Crippen LogP contribution in [0.15, 0.2) is 30.3 Å². The molecule has 0 saturated carbocycles. The van der Waals surface area contributed by atoms with Gasteiger partial charge in [-0.05, 0) is 43.6 Å². The first-order valence-electron chi connectivity index (χ1n) is 18.3. The van der Waals surface area contributed by atoms with Gasteiger partial charge in [-0.15, -0.1) is 18.2 Å². The molecule has 14 heteroatoms. The zero-order chi connectivity index (χ0) is 36.8. The Morgan fingerprint density at radius 2 is 1.78 bits per heavy atom. The average molecular weight is 747 g/mol. The summed E-state index contributed by atoms with van der Waals surface area (Å²) in [5.41, 5.74) is 2.67. The normalized spacial score (nSPS) is 19.7. The summed E-state index contributed by atoms with van der Waals surface area (Å²) in [6.07, 6.45) is 13.2. The maximum atomic E-state index is 13.8. The van der Waals surface area contributed by atoms with Gasteiger partial charge in [0.05, 0.1) is 24.4 Å². The van der Waals surface area contributed by atoms with Gasteiger partial charge in [0.15, 0.2) is 0 Å². The third-order valence-corrected chi connectivity index (χ3v) is 11.8. The van der Waals surface area contributed by atoms with Gasteiger partial charge in [-0.25, -0.2) is 4.79 Å². The first-order chi connectivity index (χ1) is 24.7. The summed E-state index contributed by atoms with van der Waals surface area (Å²) >= 11 is 3.43. The summed E-state index contributed by atoms with van der Waals surface area (Å²) in [5, 5.41) is 24.5. The highest BCUT2D eigenvalue weighted by atomic mass is 32.2. The van der Waals surface area contributed by atoms with E-state index in [4.69, 9.17) is 16.5 Å². The quantitative estimate of drug-likeness (QED) is 0.0323. The predicted octanol–water partition coefficient (Wildman–Crippen LogP) is 3.79. The average Bonchev–Trinajstić information content (AvgIpc) is 3.67. The summed E-state index contributed by atoms with van der Waals surface area (Å²) in [6.45, 7) is 5.32. The molecule has 0 aliphatic carbocycles. The van der Waals surface area contributed by atoms with Crippen molar-refractivity contribution in [3.63, 3.8) is 0 Å². The van der Waals surface area contributed by atoms with Crippen LogP contribution in [0.25, 0.3) is 0 Å². The maximum absolute atomic E-state index is 13.8. The highest BCUT2D eigenvalue weighted by molar-refractivity contribution is 8.00. The molecule has 2 fully saturated rings. The minimum Gasteiger partial charge on any atom is -0.356 e. The van der Waals surface area contributed by atoms with Crippen LogP contribution in [-0.2, 0) is 25.6 Å². The topological polar surface area (TPSA) is 170 Å². The molecule has 2 saturated heterocycles. The van der Waals surface area contributed by atoms with Crippen molar-refractivity contribution in [2.24, 2.45) is 17.8 Å². The maximum Gasteiger partial charge on any atom is 0.315 e. The van der Waals surface area contributed by atoms with E-state index in [-0.39, 0.29) is 54.3 Å². The molecule has 0 spiro atoms. The molecule has 12 nitrogen and oxygen atoms in total. The van der Waals surface area contributed by atoms with E-state index >= 15 is 0 Å². The van der Waals surface area contributed by atoms with E-state index in [0.29, 0.717) is 49.1 Å². The van der Waals surface area contributed by atoms with Crippen molar-refractivity contribution in [2.75, 3.05) is 37.0 Å². The fraction of sp³-hybridized carbons (Fsp3) is 0.676. The second kappa shape index (κ2) is 24.3. The number of carbonyl (C=O) groups is 4. The number of hydrogen-bond donors (Lipinski definition) is 7. The molecule has 2 aliphatic heterocycles. The van der Waals surface area contributed by atoms with E-state index in [2.05, 4.69) is 32.5 Å². The van der Waals surface area contributed by atoms with Crippen LogP contribution >= 0.6 is 23.5 Å². The smallest absolute Gasteiger partial charge is 0.315 e. The van der Waals surface area contributed by atoms with E-state index in [9.17, 15) is 19.2 Å². The summed E-state index contributed by atoms with van der Waals surface area (Å²) in [5.74, 6) is 3.77. The van der Waals surface area contributed by atoms with Gasteiger partial charge in [0.2, 0.25) is 17.7 Å². The molecule has 6 atom stereocenters. The van der Waals surface area contributed by atoms with Crippen LogP contribution in [0.1, 0.15) is 77.2 Å².